The number of benzene rings is 2. The fourth-order valence-corrected chi connectivity index (χ4v) is 3.15. The van der Waals surface area contributed by atoms with Gasteiger partial charge in [0, 0.05) is 42.5 Å². The van der Waals surface area contributed by atoms with E-state index in [9.17, 15) is 9.18 Å². The molecule has 0 N–H and O–H groups in total. The quantitative estimate of drug-likeness (QED) is 0.818. The number of halogens is 2. The van der Waals surface area contributed by atoms with E-state index in [4.69, 9.17) is 11.6 Å². The first-order valence-electron chi connectivity index (χ1n) is 8.02. The smallest absolute Gasteiger partial charge is 0.254 e. The Morgan fingerprint density at radius 3 is 2.33 bits per heavy atom. The molecule has 0 bridgehead atoms. The minimum Gasteiger partial charge on any atom is -0.368 e. The standard InChI is InChI=1S/C19H20ClFN2O/c1-13-3-5-15(11-17(13)21)19(24)23-9-7-22(8-10-23)18-12-16(20)6-4-14(18)2/h3-6,11-12H,7-10H2,1-2H3. The summed E-state index contributed by atoms with van der Waals surface area (Å²) in [5, 5.41) is 0.712. The Balaban J connectivity index is 1.69. The van der Waals surface area contributed by atoms with Gasteiger partial charge in [-0.3, -0.25) is 4.79 Å². The maximum Gasteiger partial charge on any atom is 0.254 e. The Hall–Kier alpha value is -2.07. The molecule has 1 heterocycles. The number of nitrogens with zero attached hydrogens (tertiary/aromatic N) is 2. The van der Waals surface area contributed by atoms with Crippen LogP contribution in [0.5, 0.6) is 0 Å². The van der Waals surface area contributed by atoms with Crippen LogP contribution in [0.4, 0.5) is 10.1 Å². The van der Waals surface area contributed by atoms with Crippen LogP contribution < -0.4 is 4.90 Å². The fraction of sp³-hybridized carbons (Fsp3) is 0.316. The summed E-state index contributed by atoms with van der Waals surface area (Å²) in [4.78, 5) is 16.6. The minimum atomic E-state index is -0.339. The Labute approximate surface area is 146 Å². The summed E-state index contributed by atoms with van der Waals surface area (Å²) < 4.78 is 13.7. The molecule has 0 atom stereocenters. The molecule has 5 heteroatoms. The van der Waals surface area contributed by atoms with Crippen LogP contribution in [0.15, 0.2) is 36.4 Å². The van der Waals surface area contributed by atoms with Gasteiger partial charge in [-0.1, -0.05) is 23.7 Å². The highest BCUT2D eigenvalue weighted by atomic mass is 35.5. The Bertz CT molecular complexity index is 770. The maximum atomic E-state index is 13.7. The monoisotopic (exact) mass is 346 g/mol. The number of hydrogen-bond acceptors (Lipinski definition) is 2. The molecule has 126 valence electrons. The normalized spacial score (nSPS) is 14.8. The van der Waals surface area contributed by atoms with Gasteiger partial charge >= 0.3 is 0 Å². The number of carbonyl (C=O) groups excluding carboxylic acids is 1. The van der Waals surface area contributed by atoms with E-state index in [1.54, 1.807) is 24.0 Å². The van der Waals surface area contributed by atoms with E-state index in [0.29, 0.717) is 29.2 Å². The van der Waals surface area contributed by atoms with Crippen molar-refractivity contribution in [3.05, 3.63) is 63.9 Å². The number of aryl methyl sites for hydroxylation is 2. The highest BCUT2D eigenvalue weighted by Gasteiger charge is 2.23. The molecule has 2 aromatic rings. The number of piperazine rings is 1. The predicted octanol–water partition coefficient (Wildman–Crippen LogP) is 4.06. The average molecular weight is 347 g/mol. The van der Waals surface area contributed by atoms with Crippen LogP contribution in [0.1, 0.15) is 21.5 Å². The number of hydrogen-bond donors (Lipinski definition) is 0. The summed E-state index contributed by atoms with van der Waals surface area (Å²) in [7, 11) is 0. The van der Waals surface area contributed by atoms with Gasteiger partial charge in [0.25, 0.3) is 5.91 Å². The Morgan fingerprint density at radius 1 is 1.00 bits per heavy atom. The van der Waals surface area contributed by atoms with Crippen molar-refractivity contribution >= 4 is 23.2 Å². The summed E-state index contributed by atoms with van der Waals surface area (Å²) >= 11 is 6.10. The summed E-state index contributed by atoms with van der Waals surface area (Å²) in [6.07, 6.45) is 0. The molecule has 2 aromatic carbocycles. The second-order valence-electron chi connectivity index (χ2n) is 6.17. The molecule has 1 aliphatic rings. The molecule has 3 nitrogen and oxygen atoms in total. The predicted molar refractivity (Wildman–Crippen MR) is 95.4 cm³/mol. The van der Waals surface area contributed by atoms with Crippen LogP contribution in [0.2, 0.25) is 5.02 Å². The van der Waals surface area contributed by atoms with Crippen LogP contribution in [-0.2, 0) is 0 Å². The lowest BCUT2D eigenvalue weighted by atomic mass is 10.1. The zero-order valence-electron chi connectivity index (χ0n) is 13.9. The lowest BCUT2D eigenvalue weighted by Gasteiger charge is -2.37. The second-order valence-corrected chi connectivity index (χ2v) is 6.61. The van der Waals surface area contributed by atoms with Crippen LogP contribution in [-0.4, -0.2) is 37.0 Å². The molecule has 1 fully saturated rings. The van der Waals surface area contributed by atoms with Crippen molar-refractivity contribution in [3.8, 4) is 0 Å². The van der Waals surface area contributed by atoms with Gasteiger partial charge in [-0.2, -0.15) is 0 Å². The van der Waals surface area contributed by atoms with Crippen molar-refractivity contribution in [2.24, 2.45) is 0 Å². The lowest BCUT2D eigenvalue weighted by molar-refractivity contribution is 0.0746. The Kier molecular flexibility index (Phi) is 4.76. The van der Waals surface area contributed by atoms with Crippen molar-refractivity contribution in [2.75, 3.05) is 31.1 Å². The van der Waals surface area contributed by atoms with Gasteiger partial charge in [0.2, 0.25) is 0 Å². The molecular formula is C19H20ClFN2O. The molecule has 0 radical (unpaired) electrons. The van der Waals surface area contributed by atoms with E-state index in [2.05, 4.69) is 11.8 Å². The van der Waals surface area contributed by atoms with Gasteiger partial charge in [0.1, 0.15) is 5.82 Å². The first-order chi connectivity index (χ1) is 11.5. The van der Waals surface area contributed by atoms with Gasteiger partial charge in [0.05, 0.1) is 0 Å². The molecule has 1 saturated heterocycles. The highest BCUT2D eigenvalue weighted by molar-refractivity contribution is 6.30. The zero-order chi connectivity index (χ0) is 17.3. The fourth-order valence-electron chi connectivity index (χ4n) is 2.98. The maximum absolute atomic E-state index is 13.7. The zero-order valence-corrected chi connectivity index (χ0v) is 14.6. The van der Waals surface area contributed by atoms with Crippen molar-refractivity contribution in [1.82, 2.24) is 4.90 Å². The number of carbonyl (C=O) groups is 1. The molecular weight excluding hydrogens is 327 g/mol. The Morgan fingerprint density at radius 2 is 1.67 bits per heavy atom. The van der Waals surface area contributed by atoms with Crippen molar-refractivity contribution in [3.63, 3.8) is 0 Å². The average Bonchev–Trinajstić information content (AvgIpc) is 2.59. The molecule has 3 rings (SSSR count). The summed E-state index contributed by atoms with van der Waals surface area (Å²) in [5.41, 5.74) is 3.23. The SMILES string of the molecule is Cc1ccc(C(=O)N2CCN(c3cc(Cl)ccc3C)CC2)cc1F. The van der Waals surface area contributed by atoms with E-state index in [1.807, 2.05) is 18.2 Å². The molecule has 0 unspecified atom stereocenters. The van der Waals surface area contributed by atoms with Gasteiger partial charge in [-0.25, -0.2) is 4.39 Å². The van der Waals surface area contributed by atoms with Gasteiger partial charge < -0.3 is 9.80 Å². The van der Waals surface area contributed by atoms with Crippen LogP contribution in [0.25, 0.3) is 0 Å². The molecule has 1 amide bonds. The van der Waals surface area contributed by atoms with Crippen molar-refractivity contribution in [2.45, 2.75) is 13.8 Å². The van der Waals surface area contributed by atoms with Crippen LogP contribution in [0.3, 0.4) is 0 Å². The van der Waals surface area contributed by atoms with E-state index in [-0.39, 0.29) is 11.7 Å². The van der Waals surface area contributed by atoms with Gasteiger partial charge in [-0.15, -0.1) is 0 Å². The molecule has 24 heavy (non-hydrogen) atoms. The molecule has 0 aromatic heterocycles. The third-order valence-electron chi connectivity index (χ3n) is 4.50. The third-order valence-corrected chi connectivity index (χ3v) is 4.73. The van der Waals surface area contributed by atoms with E-state index >= 15 is 0 Å². The molecule has 0 spiro atoms. The van der Waals surface area contributed by atoms with Crippen molar-refractivity contribution in [1.29, 1.82) is 0 Å². The molecule has 0 saturated carbocycles. The summed E-state index contributed by atoms with van der Waals surface area (Å²) in [6.45, 7) is 6.44. The lowest BCUT2D eigenvalue weighted by Crippen LogP contribution is -2.49. The van der Waals surface area contributed by atoms with E-state index in [0.717, 1.165) is 18.8 Å². The van der Waals surface area contributed by atoms with E-state index < -0.39 is 0 Å². The number of rotatable bonds is 2. The molecule has 0 aliphatic carbocycles. The minimum absolute atomic E-state index is 0.114. The first kappa shape index (κ1) is 16.8. The van der Waals surface area contributed by atoms with E-state index in [1.165, 1.54) is 11.6 Å². The first-order valence-corrected chi connectivity index (χ1v) is 8.40. The largest absolute Gasteiger partial charge is 0.368 e. The topological polar surface area (TPSA) is 23.6 Å². The van der Waals surface area contributed by atoms with Crippen LogP contribution >= 0.6 is 11.6 Å². The summed E-state index contributed by atoms with van der Waals surface area (Å²) in [5.74, 6) is -0.453. The third kappa shape index (κ3) is 3.39. The highest BCUT2D eigenvalue weighted by Crippen LogP contribution is 2.25. The number of amides is 1. The summed E-state index contributed by atoms with van der Waals surface area (Å²) in [6, 6.07) is 10.5. The second kappa shape index (κ2) is 6.81. The van der Waals surface area contributed by atoms with Gasteiger partial charge in [0.15, 0.2) is 0 Å². The molecule has 1 aliphatic heterocycles. The van der Waals surface area contributed by atoms with Gasteiger partial charge in [-0.05, 0) is 49.2 Å². The number of anilines is 1. The van der Waals surface area contributed by atoms with Crippen molar-refractivity contribution < 1.29 is 9.18 Å². The van der Waals surface area contributed by atoms with Crippen LogP contribution in [0, 0.1) is 19.7 Å².